The van der Waals surface area contributed by atoms with Crippen LogP contribution in [0.4, 0.5) is 18.9 Å². The quantitative estimate of drug-likeness (QED) is 0.186. The van der Waals surface area contributed by atoms with Crippen LogP contribution in [0.1, 0.15) is 40.3 Å². The number of nitrogens with one attached hydrogen (secondary N) is 1. The van der Waals surface area contributed by atoms with Gasteiger partial charge in [-0.1, -0.05) is 12.1 Å². The van der Waals surface area contributed by atoms with Crippen LogP contribution in [-0.4, -0.2) is 21.8 Å². The summed E-state index contributed by atoms with van der Waals surface area (Å²) in [5, 5.41) is 3.96. The number of hydrogen-bond acceptors (Lipinski definition) is 4. The Morgan fingerprint density at radius 2 is 1.50 bits per heavy atom. The molecule has 1 aliphatic rings. The molecule has 3 aromatic carbocycles. The fourth-order valence-corrected chi connectivity index (χ4v) is 6.06. The second-order valence-electron chi connectivity index (χ2n) is 10.5. The van der Waals surface area contributed by atoms with E-state index < -0.39 is 11.7 Å². The van der Waals surface area contributed by atoms with Crippen molar-refractivity contribution in [2.75, 3.05) is 12.0 Å². The smallest absolute Gasteiger partial charge is 0.416 e. The molecular weight excluding hydrogens is 585 g/mol. The molecule has 0 radical (unpaired) electrons. The third kappa shape index (κ3) is 5.60. The average molecular weight is 615 g/mol. The van der Waals surface area contributed by atoms with Crippen LogP contribution in [0, 0.1) is 13.8 Å². The van der Waals surface area contributed by atoms with Gasteiger partial charge in [0.2, 0.25) is 0 Å². The molecular formula is C34H29F3N4O2S. The third-order valence-electron chi connectivity index (χ3n) is 7.73. The zero-order chi connectivity index (χ0) is 31.0. The number of benzene rings is 3. The molecule has 3 heterocycles. The highest BCUT2D eigenvalue weighted by molar-refractivity contribution is 7.80. The van der Waals surface area contributed by atoms with E-state index in [-0.39, 0.29) is 12.1 Å². The van der Waals surface area contributed by atoms with Crippen molar-refractivity contribution in [1.29, 1.82) is 0 Å². The van der Waals surface area contributed by atoms with E-state index >= 15 is 0 Å². The second-order valence-corrected chi connectivity index (χ2v) is 10.9. The Bertz CT molecular complexity index is 1790. The summed E-state index contributed by atoms with van der Waals surface area (Å²) in [6.07, 6.45) is -2.71. The normalized spacial score (nSPS) is 16.6. The minimum Gasteiger partial charge on any atom is -0.497 e. The largest absolute Gasteiger partial charge is 0.497 e. The van der Waals surface area contributed by atoms with E-state index in [0.717, 1.165) is 40.1 Å². The number of ether oxygens (including phenoxy) is 2. The van der Waals surface area contributed by atoms with Gasteiger partial charge in [0.25, 0.3) is 0 Å². The molecule has 6 nitrogen and oxygen atoms in total. The predicted molar refractivity (Wildman–Crippen MR) is 168 cm³/mol. The zero-order valence-corrected chi connectivity index (χ0v) is 25.0. The van der Waals surface area contributed by atoms with Gasteiger partial charge in [-0.3, -0.25) is 4.98 Å². The molecule has 5 aromatic rings. The highest BCUT2D eigenvalue weighted by Crippen LogP contribution is 2.44. The summed E-state index contributed by atoms with van der Waals surface area (Å²) < 4.78 is 53.8. The van der Waals surface area contributed by atoms with E-state index in [4.69, 9.17) is 21.7 Å². The molecule has 1 fully saturated rings. The first kappa shape index (κ1) is 29.3. The molecule has 44 heavy (non-hydrogen) atoms. The molecule has 6 rings (SSSR count). The number of aryl methyl sites for hydroxylation is 1. The first-order chi connectivity index (χ1) is 21.1. The lowest BCUT2D eigenvalue weighted by atomic mass is 9.96. The Hall–Kier alpha value is -4.83. The molecule has 0 unspecified atom stereocenters. The zero-order valence-electron chi connectivity index (χ0n) is 24.2. The lowest BCUT2D eigenvalue weighted by molar-refractivity contribution is -0.137. The molecule has 1 saturated heterocycles. The van der Waals surface area contributed by atoms with Crippen molar-refractivity contribution < 1.29 is 22.6 Å². The second kappa shape index (κ2) is 11.7. The number of hydrogen-bond donors (Lipinski definition) is 1. The van der Waals surface area contributed by atoms with Gasteiger partial charge < -0.3 is 24.3 Å². The number of methoxy groups -OCH3 is 1. The maximum absolute atomic E-state index is 13.6. The number of aromatic nitrogens is 2. The van der Waals surface area contributed by atoms with Gasteiger partial charge in [-0.25, -0.2) is 0 Å². The standard InChI is InChI=1S/C34H29F3N4O2S/c1-21-19-29(22(2)40(21)25-8-6-7-23(20-25)34(35,36)37)32-31(30-9-4-5-18-38-30)39-33(44)41(32)24-10-12-27(13-11-24)43-28-16-14-26(42-3)15-17-28/h4-20,31-32H,1-3H3,(H,39,44)/t31-,32+/m1/s1. The molecule has 0 bridgehead atoms. The molecule has 0 saturated carbocycles. The summed E-state index contributed by atoms with van der Waals surface area (Å²) >= 11 is 5.88. The van der Waals surface area contributed by atoms with Crippen molar-refractivity contribution in [3.63, 3.8) is 0 Å². The van der Waals surface area contributed by atoms with Crippen LogP contribution in [0.3, 0.4) is 0 Å². The van der Waals surface area contributed by atoms with E-state index in [1.807, 2.05) is 96.1 Å². The van der Waals surface area contributed by atoms with Crippen LogP contribution in [0.5, 0.6) is 17.2 Å². The van der Waals surface area contributed by atoms with Gasteiger partial charge in [-0.05, 0) is 117 Å². The molecule has 2 aromatic heterocycles. The third-order valence-corrected chi connectivity index (χ3v) is 8.04. The van der Waals surface area contributed by atoms with Crippen molar-refractivity contribution in [2.24, 2.45) is 0 Å². The fraction of sp³-hybridized carbons (Fsp3) is 0.176. The summed E-state index contributed by atoms with van der Waals surface area (Å²) in [6, 6.07) is 27.4. The van der Waals surface area contributed by atoms with Crippen LogP contribution < -0.4 is 19.7 Å². The van der Waals surface area contributed by atoms with Crippen LogP contribution >= 0.6 is 12.2 Å². The minimum absolute atomic E-state index is 0.311. The number of alkyl halides is 3. The molecule has 10 heteroatoms. The van der Waals surface area contributed by atoms with E-state index in [9.17, 15) is 13.2 Å². The van der Waals surface area contributed by atoms with Crippen molar-refractivity contribution in [1.82, 2.24) is 14.9 Å². The molecule has 1 N–H and O–H groups in total. The van der Waals surface area contributed by atoms with Crippen molar-refractivity contribution in [3.8, 4) is 22.9 Å². The first-order valence-corrected chi connectivity index (χ1v) is 14.3. The van der Waals surface area contributed by atoms with Crippen LogP contribution in [0.2, 0.25) is 0 Å². The number of rotatable bonds is 7. The fourth-order valence-electron chi connectivity index (χ4n) is 5.71. The highest BCUT2D eigenvalue weighted by Gasteiger charge is 2.42. The van der Waals surface area contributed by atoms with E-state index in [0.29, 0.717) is 22.3 Å². The topological polar surface area (TPSA) is 51.6 Å². The Labute approximate surface area is 258 Å². The summed E-state index contributed by atoms with van der Waals surface area (Å²) in [7, 11) is 1.61. The van der Waals surface area contributed by atoms with Gasteiger partial charge in [0, 0.05) is 29.0 Å². The molecule has 0 aliphatic carbocycles. The van der Waals surface area contributed by atoms with Crippen LogP contribution in [0.15, 0.2) is 103 Å². The first-order valence-electron chi connectivity index (χ1n) is 13.9. The van der Waals surface area contributed by atoms with Crippen LogP contribution in [0.25, 0.3) is 5.69 Å². The lowest BCUT2D eigenvalue weighted by Crippen LogP contribution is -2.29. The Morgan fingerprint density at radius 3 is 2.14 bits per heavy atom. The predicted octanol–water partition coefficient (Wildman–Crippen LogP) is 8.49. The molecule has 224 valence electrons. The monoisotopic (exact) mass is 614 g/mol. The Kier molecular flexibility index (Phi) is 7.77. The number of halogens is 3. The summed E-state index contributed by atoms with van der Waals surface area (Å²) in [5.74, 6) is 2.06. The van der Waals surface area contributed by atoms with Crippen LogP contribution in [-0.2, 0) is 6.18 Å². The maximum Gasteiger partial charge on any atom is 0.416 e. The Balaban J connectivity index is 1.39. The Morgan fingerprint density at radius 1 is 0.818 bits per heavy atom. The number of nitrogens with zero attached hydrogens (tertiary/aromatic N) is 3. The van der Waals surface area contributed by atoms with Gasteiger partial charge in [0.1, 0.15) is 17.2 Å². The van der Waals surface area contributed by atoms with E-state index in [1.165, 1.54) is 12.1 Å². The van der Waals surface area contributed by atoms with Gasteiger partial charge in [0.05, 0.1) is 30.5 Å². The molecule has 1 aliphatic heterocycles. The van der Waals surface area contributed by atoms with Crippen molar-refractivity contribution in [2.45, 2.75) is 32.1 Å². The number of pyridine rings is 1. The number of anilines is 1. The van der Waals surface area contributed by atoms with Gasteiger partial charge in [-0.2, -0.15) is 13.2 Å². The van der Waals surface area contributed by atoms with E-state index in [2.05, 4.69) is 10.3 Å². The molecule has 0 amide bonds. The van der Waals surface area contributed by atoms with Crippen molar-refractivity contribution >= 4 is 23.0 Å². The number of thiocarbonyl (C=S) groups is 1. The summed E-state index contributed by atoms with van der Waals surface area (Å²) in [6.45, 7) is 3.81. The maximum atomic E-state index is 13.6. The average Bonchev–Trinajstić information content (AvgIpc) is 3.52. The van der Waals surface area contributed by atoms with Gasteiger partial charge in [0.15, 0.2) is 5.11 Å². The lowest BCUT2D eigenvalue weighted by Gasteiger charge is -2.28. The van der Waals surface area contributed by atoms with E-state index in [1.54, 1.807) is 19.4 Å². The highest BCUT2D eigenvalue weighted by atomic mass is 32.1. The SMILES string of the molecule is COc1ccc(Oc2ccc(N3C(=S)N[C@H](c4ccccn4)[C@@H]3c3cc(C)n(-c4cccc(C(F)(F)F)c4)c3C)cc2)cc1. The van der Waals surface area contributed by atoms with Crippen molar-refractivity contribution in [3.05, 3.63) is 131 Å². The summed E-state index contributed by atoms with van der Waals surface area (Å²) in [4.78, 5) is 6.65. The summed E-state index contributed by atoms with van der Waals surface area (Å²) in [5.41, 5.74) is 3.90. The molecule has 0 spiro atoms. The van der Waals surface area contributed by atoms with Gasteiger partial charge >= 0.3 is 6.18 Å². The van der Waals surface area contributed by atoms with Gasteiger partial charge in [-0.15, -0.1) is 0 Å². The minimum atomic E-state index is -4.44. The molecule has 2 atom stereocenters.